The first-order valence-electron chi connectivity index (χ1n) is 13.9. The summed E-state index contributed by atoms with van der Waals surface area (Å²) in [7, 11) is 0. The second kappa shape index (κ2) is 11.6. The number of nitrogens with zero attached hydrogens (tertiary/aromatic N) is 3. The summed E-state index contributed by atoms with van der Waals surface area (Å²) in [6.45, 7) is 11.0. The molecule has 3 heterocycles. The molecule has 0 unspecified atom stereocenters. The molecule has 0 bridgehead atoms. The summed E-state index contributed by atoms with van der Waals surface area (Å²) in [6.07, 6.45) is 3.14. The van der Waals surface area contributed by atoms with Gasteiger partial charge in [-0.05, 0) is 105 Å². The molecule has 40 heavy (non-hydrogen) atoms. The van der Waals surface area contributed by atoms with E-state index < -0.39 is 0 Å². The standard InChI is InChI=1S/C33H37N5OS/c1-6-25-12-14-26(15-13-25)38-23(4)20-27(24(38)5)32-31(28-9-7-8-17-34-28)36-33(40)37(32)18-16-30(39)35-29-19-21(2)10-11-22(29)3/h7-15,17,19-20,31-32H,6,16,18H2,1-5H3,(H,35,39)(H,36,40)/t31-,32-/m0/s1. The smallest absolute Gasteiger partial charge is 0.226 e. The van der Waals surface area contributed by atoms with Gasteiger partial charge in [0.05, 0.1) is 17.8 Å². The molecule has 4 aromatic rings. The van der Waals surface area contributed by atoms with Crippen molar-refractivity contribution in [1.29, 1.82) is 0 Å². The van der Waals surface area contributed by atoms with Crippen LogP contribution in [0.4, 0.5) is 5.69 Å². The van der Waals surface area contributed by atoms with E-state index >= 15 is 0 Å². The van der Waals surface area contributed by atoms with Crippen molar-refractivity contribution in [2.24, 2.45) is 0 Å². The molecule has 206 valence electrons. The lowest BCUT2D eigenvalue weighted by Crippen LogP contribution is -2.33. The van der Waals surface area contributed by atoms with Crippen molar-refractivity contribution in [3.8, 4) is 5.69 Å². The third-order valence-electron chi connectivity index (χ3n) is 7.84. The molecule has 0 spiro atoms. The molecule has 2 N–H and O–H groups in total. The maximum absolute atomic E-state index is 13.1. The molecular weight excluding hydrogens is 514 g/mol. The molecular formula is C33H37N5OS. The highest BCUT2D eigenvalue weighted by Gasteiger charge is 2.41. The third kappa shape index (κ3) is 5.52. The molecule has 2 aromatic carbocycles. The Hall–Kier alpha value is -3.97. The van der Waals surface area contributed by atoms with Gasteiger partial charge in [0, 0.05) is 41.9 Å². The Morgan fingerprint density at radius 1 is 1.02 bits per heavy atom. The van der Waals surface area contributed by atoms with Crippen molar-refractivity contribution in [1.82, 2.24) is 19.8 Å². The fraction of sp³-hybridized carbons (Fsp3) is 0.303. The molecule has 1 saturated heterocycles. The van der Waals surface area contributed by atoms with E-state index in [4.69, 9.17) is 12.2 Å². The van der Waals surface area contributed by atoms with Gasteiger partial charge in [0.2, 0.25) is 5.91 Å². The lowest BCUT2D eigenvalue weighted by molar-refractivity contribution is -0.116. The van der Waals surface area contributed by atoms with Gasteiger partial charge in [0.1, 0.15) is 0 Å². The van der Waals surface area contributed by atoms with E-state index in [9.17, 15) is 4.79 Å². The van der Waals surface area contributed by atoms with E-state index in [1.165, 1.54) is 11.1 Å². The molecule has 1 fully saturated rings. The van der Waals surface area contributed by atoms with Crippen molar-refractivity contribution in [3.05, 3.63) is 112 Å². The molecule has 1 amide bonds. The van der Waals surface area contributed by atoms with E-state index in [-0.39, 0.29) is 18.0 Å². The highest BCUT2D eigenvalue weighted by Crippen LogP contribution is 2.41. The predicted octanol–water partition coefficient (Wildman–Crippen LogP) is 6.67. The van der Waals surface area contributed by atoms with E-state index in [2.05, 4.69) is 82.3 Å². The second-order valence-electron chi connectivity index (χ2n) is 10.6. The number of anilines is 1. The molecule has 2 atom stereocenters. The van der Waals surface area contributed by atoms with Gasteiger partial charge >= 0.3 is 0 Å². The Kier molecular flexibility index (Phi) is 8.03. The first kappa shape index (κ1) is 27.6. The van der Waals surface area contributed by atoms with Crippen LogP contribution in [0.3, 0.4) is 0 Å². The Labute approximate surface area is 242 Å². The number of amides is 1. The zero-order chi connectivity index (χ0) is 28.4. The van der Waals surface area contributed by atoms with E-state index in [0.29, 0.717) is 18.1 Å². The third-order valence-corrected chi connectivity index (χ3v) is 8.19. The number of thiocarbonyl (C=S) groups is 1. The molecule has 7 heteroatoms. The number of aromatic nitrogens is 2. The summed E-state index contributed by atoms with van der Waals surface area (Å²) < 4.78 is 2.30. The van der Waals surface area contributed by atoms with Crippen LogP contribution in [-0.4, -0.2) is 32.0 Å². The summed E-state index contributed by atoms with van der Waals surface area (Å²) in [5, 5.41) is 7.26. The maximum atomic E-state index is 13.1. The van der Waals surface area contributed by atoms with Gasteiger partial charge in [-0.1, -0.05) is 37.3 Å². The summed E-state index contributed by atoms with van der Waals surface area (Å²) in [5.41, 5.74) is 9.88. The minimum Gasteiger partial charge on any atom is -0.352 e. The van der Waals surface area contributed by atoms with Crippen LogP contribution in [0.15, 0.2) is 72.9 Å². The number of nitrogens with one attached hydrogen (secondary N) is 2. The molecule has 0 saturated carbocycles. The number of aryl methyl sites for hydroxylation is 4. The van der Waals surface area contributed by atoms with Gasteiger partial charge < -0.3 is 20.1 Å². The molecule has 6 nitrogen and oxygen atoms in total. The Bertz CT molecular complexity index is 1530. The topological polar surface area (TPSA) is 62.2 Å². The summed E-state index contributed by atoms with van der Waals surface area (Å²) >= 11 is 5.87. The van der Waals surface area contributed by atoms with Crippen LogP contribution >= 0.6 is 12.2 Å². The van der Waals surface area contributed by atoms with Crippen LogP contribution in [0.1, 0.15) is 64.8 Å². The minimum absolute atomic E-state index is 0.0296. The molecule has 0 radical (unpaired) electrons. The highest BCUT2D eigenvalue weighted by atomic mass is 32.1. The normalized spacial score (nSPS) is 16.7. The zero-order valence-electron chi connectivity index (χ0n) is 23.9. The Morgan fingerprint density at radius 2 is 1.80 bits per heavy atom. The number of carbonyl (C=O) groups is 1. The number of benzene rings is 2. The van der Waals surface area contributed by atoms with Crippen LogP contribution in [0.25, 0.3) is 5.69 Å². The highest BCUT2D eigenvalue weighted by molar-refractivity contribution is 7.80. The van der Waals surface area contributed by atoms with Crippen LogP contribution in [0.5, 0.6) is 0 Å². The second-order valence-corrected chi connectivity index (χ2v) is 11.0. The SMILES string of the molecule is CCc1ccc(-n2c(C)cc([C@H]3[C@H](c4ccccn4)NC(=S)N3CCC(=O)Nc3cc(C)ccc3C)c2C)cc1. The number of hydrogen-bond donors (Lipinski definition) is 2. The van der Waals surface area contributed by atoms with Gasteiger partial charge in [-0.2, -0.15) is 0 Å². The van der Waals surface area contributed by atoms with Crippen molar-refractivity contribution in [3.63, 3.8) is 0 Å². The van der Waals surface area contributed by atoms with Gasteiger partial charge in [-0.3, -0.25) is 9.78 Å². The average molecular weight is 552 g/mol. The van der Waals surface area contributed by atoms with Crippen LogP contribution in [0, 0.1) is 27.7 Å². The molecule has 0 aliphatic carbocycles. The zero-order valence-corrected chi connectivity index (χ0v) is 24.7. The average Bonchev–Trinajstić information content (AvgIpc) is 3.44. The fourth-order valence-corrected chi connectivity index (χ4v) is 5.99. The van der Waals surface area contributed by atoms with Gasteiger partial charge in [0.15, 0.2) is 5.11 Å². The molecule has 1 aliphatic rings. The summed E-state index contributed by atoms with van der Waals surface area (Å²) in [5.74, 6) is -0.0296. The Balaban J connectivity index is 1.46. The number of rotatable bonds is 8. The predicted molar refractivity (Wildman–Crippen MR) is 166 cm³/mol. The van der Waals surface area contributed by atoms with Crippen molar-refractivity contribution in [2.75, 3.05) is 11.9 Å². The van der Waals surface area contributed by atoms with E-state index in [1.807, 2.05) is 50.4 Å². The largest absolute Gasteiger partial charge is 0.352 e. The van der Waals surface area contributed by atoms with Gasteiger partial charge in [0.25, 0.3) is 0 Å². The number of pyridine rings is 1. The summed E-state index contributed by atoms with van der Waals surface area (Å²) in [4.78, 5) is 19.9. The van der Waals surface area contributed by atoms with Crippen LogP contribution < -0.4 is 10.6 Å². The first-order valence-corrected chi connectivity index (χ1v) is 14.3. The van der Waals surface area contributed by atoms with E-state index in [1.54, 1.807) is 0 Å². The molecule has 2 aromatic heterocycles. The van der Waals surface area contributed by atoms with Gasteiger partial charge in [-0.25, -0.2) is 0 Å². The minimum atomic E-state index is -0.132. The molecule has 5 rings (SSSR count). The fourth-order valence-electron chi connectivity index (χ4n) is 5.66. The van der Waals surface area contributed by atoms with Crippen molar-refractivity contribution >= 4 is 28.9 Å². The monoisotopic (exact) mass is 551 g/mol. The lowest BCUT2D eigenvalue weighted by Gasteiger charge is -2.28. The lowest BCUT2D eigenvalue weighted by atomic mass is 9.96. The molecule has 1 aliphatic heterocycles. The summed E-state index contributed by atoms with van der Waals surface area (Å²) in [6, 6.07) is 22.8. The van der Waals surface area contributed by atoms with Crippen molar-refractivity contribution < 1.29 is 4.79 Å². The Morgan fingerprint density at radius 3 is 2.50 bits per heavy atom. The van der Waals surface area contributed by atoms with Crippen molar-refractivity contribution in [2.45, 2.75) is 59.5 Å². The van der Waals surface area contributed by atoms with E-state index in [0.717, 1.165) is 46.0 Å². The van der Waals surface area contributed by atoms with Gasteiger partial charge in [-0.15, -0.1) is 0 Å². The first-order chi connectivity index (χ1) is 19.3. The van der Waals surface area contributed by atoms with Crippen LogP contribution in [0.2, 0.25) is 0 Å². The number of carbonyl (C=O) groups excluding carboxylic acids is 1. The number of hydrogen-bond acceptors (Lipinski definition) is 3. The maximum Gasteiger partial charge on any atom is 0.226 e. The van der Waals surface area contributed by atoms with Crippen LogP contribution in [-0.2, 0) is 11.2 Å². The quantitative estimate of drug-likeness (QED) is 0.240.